The standard InChI is InChI=1S/C14H17NO2S/c15-14(17)10-6-2-1-5-9(10)13(16)11-7-3-4-8-12(11)18/h3-4,7,9-10H,1-2,5-6,8H2,(H2,15,17)/t9-,10+/m0/s1. The molecule has 0 radical (unpaired) electrons. The maximum Gasteiger partial charge on any atom is 0.221 e. The predicted molar refractivity (Wildman–Crippen MR) is 74.1 cm³/mol. The first-order valence-electron chi connectivity index (χ1n) is 6.35. The fourth-order valence-corrected chi connectivity index (χ4v) is 3.01. The molecule has 0 aromatic heterocycles. The average Bonchev–Trinajstić information content (AvgIpc) is 2.38. The Hall–Kier alpha value is -1.29. The summed E-state index contributed by atoms with van der Waals surface area (Å²) in [6, 6.07) is 0. The van der Waals surface area contributed by atoms with Gasteiger partial charge in [0.15, 0.2) is 5.78 Å². The maximum atomic E-state index is 12.5. The van der Waals surface area contributed by atoms with E-state index >= 15 is 0 Å². The molecule has 2 rings (SSSR count). The Labute approximate surface area is 112 Å². The third kappa shape index (κ3) is 2.58. The van der Waals surface area contributed by atoms with Crippen LogP contribution in [-0.2, 0) is 9.59 Å². The number of nitrogens with two attached hydrogens (primary N) is 1. The van der Waals surface area contributed by atoms with Gasteiger partial charge in [0.1, 0.15) is 0 Å². The predicted octanol–water partition coefficient (Wildman–Crippen LogP) is 2.10. The van der Waals surface area contributed by atoms with E-state index in [0.29, 0.717) is 16.9 Å². The summed E-state index contributed by atoms with van der Waals surface area (Å²) < 4.78 is 0. The Morgan fingerprint density at radius 2 is 1.89 bits per heavy atom. The van der Waals surface area contributed by atoms with E-state index in [2.05, 4.69) is 0 Å². The van der Waals surface area contributed by atoms with Crippen LogP contribution in [0.5, 0.6) is 0 Å². The van der Waals surface area contributed by atoms with Gasteiger partial charge in [0.2, 0.25) is 5.91 Å². The lowest BCUT2D eigenvalue weighted by atomic mass is 9.74. The molecule has 3 nitrogen and oxygen atoms in total. The van der Waals surface area contributed by atoms with Crippen LogP contribution in [-0.4, -0.2) is 16.6 Å². The van der Waals surface area contributed by atoms with Crippen molar-refractivity contribution in [3.63, 3.8) is 0 Å². The summed E-state index contributed by atoms with van der Waals surface area (Å²) in [6.45, 7) is 0. The lowest BCUT2D eigenvalue weighted by molar-refractivity contribution is -0.131. The summed E-state index contributed by atoms with van der Waals surface area (Å²) in [7, 11) is 0. The molecular weight excluding hydrogens is 246 g/mol. The molecule has 2 N–H and O–H groups in total. The minimum absolute atomic E-state index is 0.00727. The van der Waals surface area contributed by atoms with Gasteiger partial charge in [0.25, 0.3) is 0 Å². The number of rotatable bonds is 3. The van der Waals surface area contributed by atoms with Crippen molar-refractivity contribution >= 4 is 28.8 Å². The number of carbonyl (C=O) groups excluding carboxylic acids is 2. The molecule has 0 unspecified atom stereocenters. The quantitative estimate of drug-likeness (QED) is 0.793. The van der Waals surface area contributed by atoms with Crippen molar-refractivity contribution in [2.45, 2.75) is 32.1 Å². The zero-order valence-corrected chi connectivity index (χ0v) is 11.0. The normalized spacial score (nSPS) is 27.8. The SMILES string of the molecule is NC(=O)[C@@H]1CCCC[C@@H]1C(=O)C1=CC=CCC1=S. The summed E-state index contributed by atoms with van der Waals surface area (Å²) >= 11 is 5.22. The van der Waals surface area contributed by atoms with Gasteiger partial charge in [0.05, 0.1) is 0 Å². The van der Waals surface area contributed by atoms with Crippen LogP contribution in [0.4, 0.5) is 0 Å². The van der Waals surface area contributed by atoms with Gasteiger partial charge in [-0.3, -0.25) is 9.59 Å². The molecule has 2 aliphatic carbocycles. The summed E-state index contributed by atoms with van der Waals surface area (Å²) in [5.74, 6) is -0.938. The molecule has 18 heavy (non-hydrogen) atoms. The molecule has 0 aromatic carbocycles. The van der Waals surface area contributed by atoms with E-state index in [1.54, 1.807) is 6.08 Å². The van der Waals surface area contributed by atoms with Gasteiger partial charge < -0.3 is 5.73 Å². The number of amides is 1. The maximum absolute atomic E-state index is 12.5. The summed E-state index contributed by atoms with van der Waals surface area (Å²) in [5, 5.41) is 0. The second kappa shape index (κ2) is 5.57. The first kappa shape index (κ1) is 13.1. The lowest BCUT2D eigenvalue weighted by Crippen LogP contribution is -2.38. The molecule has 0 bridgehead atoms. The molecule has 0 aromatic rings. The molecule has 4 heteroatoms. The van der Waals surface area contributed by atoms with Crippen molar-refractivity contribution in [1.82, 2.24) is 0 Å². The van der Waals surface area contributed by atoms with Gasteiger partial charge in [-0.25, -0.2) is 0 Å². The number of ketones is 1. The molecule has 1 fully saturated rings. The number of hydrogen-bond acceptors (Lipinski definition) is 3. The van der Waals surface area contributed by atoms with E-state index in [1.165, 1.54) is 0 Å². The number of thiocarbonyl (C=S) groups is 1. The number of primary amides is 1. The van der Waals surface area contributed by atoms with Crippen LogP contribution < -0.4 is 5.73 Å². The average molecular weight is 263 g/mol. The minimum Gasteiger partial charge on any atom is -0.369 e. The van der Waals surface area contributed by atoms with Gasteiger partial charge in [0, 0.05) is 28.7 Å². The zero-order valence-electron chi connectivity index (χ0n) is 10.2. The van der Waals surface area contributed by atoms with Crippen LogP contribution >= 0.6 is 12.2 Å². The van der Waals surface area contributed by atoms with Crippen molar-refractivity contribution in [2.24, 2.45) is 17.6 Å². The summed E-state index contributed by atoms with van der Waals surface area (Å²) in [6.07, 6.45) is 9.62. The van der Waals surface area contributed by atoms with E-state index in [9.17, 15) is 9.59 Å². The van der Waals surface area contributed by atoms with Crippen LogP contribution in [0.3, 0.4) is 0 Å². The molecule has 1 saturated carbocycles. The highest BCUT2D eigenvalue weighted by Gasteiger charge is 2.36. The number of carbonyl (C=O) groups is 2. The highest BCUT2D eigenvalue weighted by molar-refractivity contribution is 7.81. The fourth-order valence-electron chi connectivity index (χ4n) is 2.75. The Bertz CT molecular complexity index is 451. The fraction of sp³-hybridized carbons (Fsp3) is 0.500. The third-order valence-corrected chi connectivity index (χ3v) is 4.12. The van der Waals surface area contributed by atoms with Gasteiger partial charge >= 0.3 is 0 Å². The van der Waals surface area contributed by atoms with Crippen molar-refractivity contribution < 1.29 is 9.59 Å². The van der Waals surface area contributed by atoms with E-state index in [-0.39, 0.29) is 23.5 Å². The van der Waals surface area contributed by atoms with Crippen molar-refractivity contribution in [3.8, 4) is 0 Å². The molecule has 0 saturated heterocycles. The van der Waals surface area contributed by atoms with E-state index in [4.69, 9.17) is 18.0 Å². The molecule has 96 valence electrons. The highest BCUT2D eigenvalue weighted by atomic mass is 32.1. The minimum atomic E-state index is -0.356. The van der Waals surface area contributed by atoms with Crippen LogP contribution in [0, 0.1) is 11.8 Å². The Balaban J connectivity index is 2.21. The van der Waals surface area contributed by atoms with Gasteiger partial charge in [-0.2, -0.15) is 0 Å². The van der Waals surface area contributed by atoms with E-state index < -0.39 is 0 Å². The van der Waals surface area contributed by atoms with E-state index in [0.717, 1.165) is 25.7 Å². The molecule has 0 aliphatic heterocycles. The van der Waals surface area contributed by atoms with Crippen LogP contribution in [0.2, 0.25) is 0 Å². The molecule has 2 aliphatic rings. The molecule has 1 amide bonds. The summed E-state index contributed by atoms with van der Waals surface area (Å²) in [5.41, 5.74) is 6.00. The topological polar surface area (TPSA) is 60.2 Å². The number of hydrogen-bond donors (Lipinski definition) is 1. The van der Waals surface area contributed by atoms with Crippen molar-refractivity contribution in [3.05, 3.63) is 23.8 Å². The first-order valence-corrected chi connectivity index (χ1v) is 6.75. The highest BCUT2D eigenvalue weighted by Crippen LogP contribution is 2.33. The summed E-state index contributed by atoms with van der Waals surface area (Å²) in [4.78, 5) is 24.6. The first-order chi connectivity index (χ1) is 8.61. The van der Waals surface area contributed by atoms with Crippen molar-refractivity contribution in [2.75, 3.05) is 0 Å². The Morgan fingerprint density at radius 1 is 1.22 bits per heavy atom. The van der Waals surface area contributed by atoms with Gasteiger partial charge in [-0.1, -0.05) is 43.3 Å². The van der Waals surface area contributed by atoms with Crippen LogP contribution in [0.25, 0.3) is 0 Å². The second-order valence-electron chi connectivity index (χ2n) is 4.90. The molecule has 2 atom stereocenters. The zero-order chi connectivity index (χ0) is 13.1. The smallest absolute Gasteiger partial charge is 0.221 e. The molecule has 0 spiro atoms. The van der Waals surface area contributed by atoms with E-state index in [1.807, 2.05) is 12.2 Å². The Morgan fingerprint density at radius 3 is 2.50 bits per heavy atom. The largest absolute Gasteiger partial charge is 0.369 e. The van der Waals surface area contributed by atoms with Gasteiger partial charge in [-0.05, 0) is 12.8 Å². The van der Waals surface area contributed by atoms with Crippen molar-refractivity contribution in [1.29, 1.82) is 0 Å². The van der Waals surface area contributed by atoms with Crippen LogP contribution in [0.1, 0.15) is 32.1 Å². The third-order valence-electron chi connectivity index (χ3n) is 3.74. The number of allylic oxidation sites excluding steroid dienone is 4. The number of Topliss-reactive ketones (excluding diaryl/α,β-unsaturated/α-hetero) is 1. The Kier molecular flexibility index (Phi) is 4.07. The molecule has 0 heterocycles. The lowest BCUT2D eigenvalue weighted by Gasteiger charge is -2.29. The molecular formula is C14H17NO2S. The second-order valence-corrected chi connectivity index (χ2v) is 5.39. The van der Waals surface area contributed by atoms with Crippen LogP contribution in [0.15, 0.2) is 23.8 Å². The van der Waals surface area contributed by atoms with Gasteiger partial charge in [-0.15, -0.1) is 0 Å². The monoisotopic (exact) mass is 263 g/mol.